The van der Waals surface area contributed by atoms with Gasteiger partial charge in [-0.3, -0.25) is 9.59 Å². The van der Waals surface area contributed by atoms with Crippen LogP contribution in [-0.2, 0) is 11.2 Å². The van der Waals surface area contributed by atoms with Gasteiger partial charge in [0.1, 0.15) is 18.5 Å². The number of aliphatic hydroxyl groups is 1. The van der Waals surface area contributed by atoms with Crippen molar-refractivity contribution < 1.29 is 24.2 Å². The second-order valence-electron chi connectivity index (χ2n) is 10.7. The number of hydrogen-bond donors (Lipinski definition) is 3. The van der Waals surface area contributed by atoms with E-state index in [1.54, 1.807) is 61.2 Å². The summed E-state index contributed by atoms with van der Waals surface area (Å²) in [5, 5.41) is 17.3. The topological polar surface area (TPSA) is 141 Å². The summed E-state index contributed by atoms with van der Waals surface area (Å²) < 4.78 is 13.3. The fraction of sp³-hybridized carbons (Fsp3) is 0.462. The molecule has 10 heteroatoms. The second-order valence-corrected chi connectivity index (χ2v) is 10.7. The minimum Gasteiger partial charge on any atom is -0.489 e. The molecule has 1 spiro atoms. The molecule has 3 aromatic heterocycles. The van der Waals surface area contributed by atoms with Crippen molar-refractivity contribution in [3.8, 4) is 11.6 Å². The molecule has 0 saturated heterocycles. The third-order valence-corrected chi connectivity index (χ3v) is 6.83. The van der Waals surface area contributed by atoms with Crippen LogP contribution in [0.2, 0.25) is 0 Å². The number of carbonyl (C=O) groups excluding carboxylic acids is 2. The van der Waals surface area contributed by atoms with Crippen molar-refractivity contribution in [1.29, 1.82) is 0 Å². The molecule has 190 valence electrons. The molecule has 0 radical (unpaired) electrons. The van der Waals surface area contributed by atoms with E-state index in [1.165, 1.54) is 0 Å². The Morgan fingerprint density at radius 3 is 2.75 bits per heavy atom. The first-order valence-electron chi connectivity index (χ1n) is 12.1. The number of nitrogens with zero attached hydrogens (tertiary/aromatic N) is 3. The van der Waals surface area contributed by atoms with Crippen molar-refractivity contribution in [3.05, 3.63) is 54.0 Å². The Labute approximate surface area is 208 Å². The Balaban J connectivity index is 1.12. The summed E-state index contributed by atoms with van der Waals surface area (Å²) in [5.74, 6) is 0.477. The van der Waals surface area contributed by atoms with Gasteiger partial charge in [-0.15, -0.1) is 0 Å². The molecule has 2 aliphatic rings. The minimum atomic E-state index is -0.941. The van der Waals surface area contributed by atoms with Gasteiger partial charge in [0.15, 0.2) is 0 Å². The number of amides is 2. The number of ether oxygens (including phenoxy) is 2. The summed E-state index contributed by atoms with van der Waals surface area (Å²) in [6.45, 7) is 3.50. The Morgan fingerprint density at radius 2 is 2.03 bits per heavy atom. The zero-order valence-electron chi connectivity index (χ0n) is 20.4. The second kappa shape index (κ2) is 9.09. The summed E-state index contributed by atoms with van der Waals surface area (Å²) >= 11 is 0. The van der Waals surface area contributed by atoms with Crippen LogP contribution in [0.4, 0.5) is 0 Å². The molecule has 2 fully saturated rings. The van der Waals surface area contributed by atoms with E-state index in [0.717, 1.165) is 25.7 Å². The first-order valence-corrected chi connectivity index (χ1v) is 12.1. The highest BCUT2D eigenvalue weighted by molar-refractivity contribution is 6.00. The first kappa shape index (κ1) is 24.1. The zero-order chi connectivity index (χ0) is 25.5. The molecule has 0 bridgehead atoms. The van der Waals surface area contributed by atoms with Crippen LogP contribution >= 0.6 is 0 Å². The number of primary amides is 1. The molecule has 0 aliphatic heterocycles. The van der Waals surface area contributed by atoms with Crippen LogP contribution in [0.3, 0.4) is 0 Å². The zero-order valence-corrected chi connectivity index (χ0v) is 20.4. The van der Waals surface area contributed by atoms with Crippen LogP contribution in [0.1, 0.15) is 55.5 Å². The predicted molar refractivity (Wildman–Crippen MR) is 131 cm³/mol. The van der Waals surface area contributed by atoms with Crippen molar-refractivity contribution in [2.45, 2.75) is 63.7 Å². The quantitative estimate of drug-likeness (QED) is 0.414. The lowest BCUT2D eigenvalue weighted by molar-refractivity contribution is -0.117. The maximum atomic E-state index is 12.9. The highest BCUT2D eigenvalue weighted by Gasteiger charge is 2.54. The fourth-order valence-corrected chi connectivity index (χ4v) is 5.17. The van der Waals surface area contributed by atoms with Crippen LogP contribution in [0.5, 0.6) is 11.6 Å². The van der Waals surface area contributed by atoms with Gasteiger partial charge < -0.3 is 25.6 Å². The van der Waals surface area contributed by atoms with Gasteiger partial charge in [0.2, 0.25) is 11.8 Å². The molecule has 5 rings (SSSR count). The van der Waals surface area contributed by atoms with Gasteiger partial charge in [0, 0.05) is 17.8 Å². The van der Waals surface area contributed by atoms with Crippen molar-refractivity contribution in [2.75, 3.05) is 6.61 Å². The highest BCUT2D eigenvalue weighted by atomic mass is 16.5. The van der Waals surface area contributed by atoms with Crippen molar-refractivity contribution in [1.82, 2.24) is 19.9 Å². The van der Waals surface area contributed by atoms with Gasteiger partial charge in [-0.2, -0.15) is 5.10 Å². The Morgan fingerprint density at radius 1 is 1.25 bits per heavy atom. The Hall–Kier alpha value is -3.66. The summed E-state index contributed by atoms with van der Waals surface area (Å²) in [6.07, 6.45) is 8.67. The van der Waals surface area contributed by atoms with Gasteiger partial charge in [-0.25, -0.2) is 9.50 Å². The van der Waals surface area contributed by atoms with Gasteiger partial charge in [0.25, 0.3) is 5.91 Å². The predicted octanol–water partition coefficient (Wildman–Crippen LogP) is 2.03. The number of fused-ring (bicyclic) bond motifs is 1. The van der Waals surface area contributed by atoms with E-state index >= 15 is 0 Å². The van der Waals surface area contributed by atoms with E-state index in [1.807, 2.05) is 0 Å². The molecule has 2 amide bonds. The molecular weight excluding hydrogens is 462 g/mol. The normalized spacial score (nSPS) is 23.1. The van der Waals surface area contributed by atoms with Gasteiger partial charge in [-0.1, -0.05) is 6.07 Å². The van der Waals surface area contributed by atoms with Crippen LogP contribution < -0.4 is 20.5 Å². The number of pyridine rings is 2. The standard InChI is InChI=1S/C26H31N5O5/c1-25(2,34)15-35-18-5-6-21-20(13-29-31(21)14-18)23(33)30-17-9-26(10-17)11-19(12-26)36-24-16(8-22(27)32)4-3-7-28-24/h3-7,13-14,17,19,34H,8-12,15H2,1-2H3,(H2,27,32)(H,30,33). The van der Waals surface area contributed by atoms with E-state index in [2.05, 4.69) is 15.4 Å². The molecule has 2 saturated carbocycles. The third kappa shape index (κ3) is 5.13. The van der Waals surface area contributed by atoms with Gasteiger partial charge in [-0.05, 0) is 63.1 Å². The van der Waals surface area contributed by atoms with E-state index in [-0.39, 0.29) is 36.5 Å². The lowest BCUT2D eigenvalue weighted by atomic mass is 9.53. The van der Waals surface area contributed by atoms with Gasteiger partial charge >= 0.3 is 0 Å². The van der Waals surface area contributed by atoms with E-state index in [4.69, 9.17) is 15.2 Å². The number of nitrogens with one attached hydrogen (secondary N) is 1. The maximum Gasteiger partial charge on any atom is 0.255 e. The molecule has 3 aromatic rings. The number of rotatable bonds is 9. The SMILES string of the molecule is CC(C)(O)COc1ccc2c(C(=O)NC3CC4(C3)CC(Oc3ncccc3CC(N)=O)C4)cnn2c1. The van der Waals surface area contributed by atoms with Crippen LogP contribution in [0.15, 0.2) is 42.9 Å². The van der Waals surface area contributed by atoms with Crippen LogP contribution in [0, 0.1) is 5.41 Å². The van der Waals surface area contributed by atoms with Crippen molar-refractivity contribution in [2.24, 2.45) is 11.1 Å². The monoisotopic (exact) mass is 493 g/mol. The highest BCUT2D eigenvalue weighted by Crippen LogP contribution is 2.56. The molecule has 3 heterocycles. The fourth-order valence-electron chi connectivity index (χ4n) is 5.17. The van der Waals surface area contributed by atoms with Crippen molar-refractivity contribution >= 4 is 17.3 Å². The van der Waals surface area contributed by atoms with Crippen LogP contribution in [0.25, 0.3) is 5.52 Å². The molecule has 0 aromatic carbocycles. The molecule has 36 heavy (non-hydrogen) atoms. The molecular formula is C26H31N5O5. The maximum absolute atomic E-state index is 12.9. The van der Waals surface area contributed by atoms with Crippen molar-refractivity contribution in [3.63, 3.8) is 0 Å². The summed E-state index contributed by atoms with van der Waals surface area (Å²) in [7, 11) is 0. The summed E-state index contributed by atoms with van der Waals surface area (Å²) in [5.41, 5.74) is 6.48. The lowest BCUT2D eigenvalue weighted by Crippen LogP contribution is -2.58. The molecule has 10 nitrogen and oxygen atoms in total. The average Bonchev–Trinajstić information content (AvgIpc) is 3.18. The molecule has 0 atom stereocenters. The van der Waals surface area contributed by atoms with E-state index in [9.17, 15) is 14.7 Å². The lowest BCUT2D eigenvalue weighted by Gasteiger charge is -2.57. The van der Waals surface area contributed by atoms with E-state index < -0.39 is 11.5 Å². The van der Waals surface area contributed by atoms with E-state index in [0.29, 0.717) is 28.3 Å². The average molecular weight is 494 g/mol. The summed E-state index contributed by atoms with van der Waals surface area (Å²) in [6, 6.07) is 7.25. The molecule has 2 aliphatic carbocycles. The number of carbonyl (C=O) groups is 2. The largest absolute Gasteiger partial charge is 0.489 e. The van der Waals surface area contributed by atoms with Gasteiger partial charge in [0.05, 0.1) is 35.5 Å². The summed E-state index contributed by atoms with van der Waals surface area (Å²) in [4.78, 5) is 28.5. The number of nitrogens with two attached hydrogens (primary N) is 1. The first-order chi connectivity index (χ1) is 17.1. The number of hydrogen-bond acceptors (Lipinski definition) is 7. The smallest absolute Gasteiger partial charge is 0.255 e. The Kier molecular flexibility index (Phi) is 6.07. The van der Waals surface area contributed by atoms with Crippen LogP contribution in [-0.4, -0.2) is 55.9 Å². The Bertz CT molecular complexity index is 1280. The minimum absolute atomic E-state index is 0.0515. The third-order valence-electron chi connectivity index (χ3n) is 6.83. The number of aromatic nitrogens is 3. The molecule has 4 N–H and O–H groups in total. The molecule has 0 unspecified atom stereocenters.